The van der Waals surface area contributed by atoms with E-state index in [-0.39, 0.29) is 0 Å². The van der Waals surface area contributed by atoms with E-state index in [0.29, 0.717) is 35.9 Å². The summed E-state index contributed by atoms with van der Waals surface area (Å²) in [5.74, 6) is 1.63. The fraction of sp³-hybridized carbons (Fsp3) is 0.304. The fourth-order valence-corrected chi connectivity index (χ4v) is 4.30. The lowest BCUT2D eigenvalue weighted by atomic mass is 10.1. The lowest BCUT2D eigenvalue weighted by Gasteiger charge is -2.21. The normalized spacial score (nSPS) is 15.8. The van der Waals surface area contributed by atoms with Gasteiger partial charge in [-0.25, -0.2) is 9.97 Å². The number of aromatic nitrogens is 3. The van der Waals surface area contributed by atoms with Crippen molar-refractivity contribution in [3.63, 3.8) is 0 Å². The van der Waals surface area contributed by atoms with Gasteiger partial charge in [0.05, 0.1) is 11.1 Å². The van der Waals surface area contributed by atoms with Crippen LogP contribution in [0.15, 0.2) is 58.6 Å². The lowest BCUT2D eigenvalue weighted by Crippen LogP contribution is -2.32. The summed E-state index contributed by atoms with van der Waals surface area (Å²) in [6.45, 7) is 2.08. The molecule has 8 nitrogen and oxygen atoms in total. The molecule has 166 valence electrons. The van der Waals surface area contributed by atoms with Crippen LogP contribution in [0.4, 0.5) is 11.8 Å². The van der Waals surface area contributed by atoms with Gasteiger partial charge in [0, 0.05) is 35.8 Å². The Kier molecular flexibility index (Phi) is 6.87. The Morgan fingerprint density at radius 3 is 2.84 bits per heavy atom. The standard InChI is InChI=1S/C23H26N6O2S/c1-28(2)18-8-9-29(13-18)23-26-12-20(32-19-6-7-21(24)25-11-19)22(27-23)31-15-17-5-3-4-16(10-17)14-30/h3-7,10-12,14,18H,8-9,13,15H2,1-2H3,(H2,24,25). The van der Waals surface area contributed by atoms with Crippen LogP contribution < -0.4 is 15.4 Å². The van der Waals surface area contributed by atoms with Crippen molar-refractivity contribution in [1.82, 2.24) is 19.9 Å². The van der Waals surface area contributed by atoms with Crippen molar-refractivity contribution in [1.29, 1.82) is 0 Å². The molecule has 1 fully saturated rings. The molecule has 1 saturated heterocycles. The molecule has 1 aliphatic heterocycles. The summed E-state index contributed by atoms with van der Waals surface area (Å²) in [5.41, 5.74) is 7.22. The number of nitrogens with zero attached hydrogens (tertiary/aromatic N) is 5. The second kappa shape index (κ2) is 9.97. The summed E-state index contributed by atoms with van der Waals surface area (Å²) >= 11 is 1.47. The molecule has 9 heteroatoms. The van der Waals surface area contributed by atoms with Crippen molar-refractivity contribution in [3.8, 4) is 5.88 Å². The summed E-state index contributed by atoms with van der Waals surface area (Å²) in [4.78, 5) is 30.7. The number of nitrogen functional groups attached to an aromatic ring is 1. The average molecular weight is 451 g/mol. The number of carbonyl (C=O) groups is 1. The number of hydrogen-bond acceptors (Lipinski definition) is 9. The number of ether oxygens (including phenoxy) is 1. The average Bonchev–Trinajstić information content (AvgIpc) is 3.31. The molecule has 0 spiro atoms. The van der Waals surface area contributed by atoms with Gasteiger partial charge in [0.25, 0.3) is 0 Å². The van der Waals surface area contributed by atoms with Crippen LogP contribution in [-0.4, -0.2) is 59.4 Å². The van der Waals surface area contributed by atoms with Crippen LogP contribution in [0.1, 0.15) is 22.3 Å². The van der Waals surface area contributed by atoms with Gasteiger partial charge in [-0.2, -0.15) is 4.98 Å². The Morgan fingerprint density at radius 2 is 2.12 bits per heavy atom. The maximum atomic E-state index is 11.1. The zero-order chi connectivity index (χ0) is 22.5. The Balaban J connectivity index is 1.58. The lowest BCUT2D eigenvalue weighted by molar-refractivity contribution is 0.112. The van der Waals surface area contributed by atoms with Gasteiger partial charge >= 0.3 is 0 Å². The van der Waals surface area contributed by atoms with Gasteiger partial charge in [0.2, 0.25) is 11.8 Å². The molecule has 32 heavy (non-hydrogen) atoms. The molecule has 0 radical (unpaired) electrons. The minimum Gasteiger partial charge on any atom is -0.472 e. The summed E-state index contributed by atoms with van der Waals surface area (Å²) in [5, 5.41) is 0. The van der Waals surface area contributed by atoms with E-state index in [4.69, 9.17) is 15.5 Å². The smallest absolute Gasteiger partial charge is 0.232 e. The van der Waals surface area contributed by atoms with E-state index < -0.39 is 0 Å². The number of hydrogen-bond donors (Lipinski definition) is 1. The molecule has 1 atom stereocenters. The number of aldehydes is 1. The van der Waals surface area contributed by atoms with Crippen LogP contribution in [0, 0.1) is 0 Å². The molecule has 0 bridgehead atoms. The quantitative estimate of drug-likeness (QED) is 0.519. The number of anilines is 2. The second-order valence-corrected chi connectivity index (χ2v) is 8.98. The Hall–Kier alpha value is -3.17. The van der Waals surface area contributed by atoms with Crippen molar-refractivity contribution in [2.75, 3.05) is 37.8 Å². The van der Waals surface area contributed by atoms with Crippen LogP contribution in [0.3, 0.4) is 0 Å². The zero-order valence-electron chi connectivity index (χ0n) is 18.1. The number of benzene rings is 1. The molecule has 4 rings (SSSR count). The van der Waals surface area contributed by atoms with E-state index in [9.17, 15) is 4.79 Å². The van der Waals surface area contributed by atoms with Gasteiger partial charge in [-0.1, -0.05) is 30.0 Å². The van der Waals surface area contributed by atoms with Gasteiger partial charge < -0.3 is 20.3 Å². The number of rotatable bonds is 8. The minimum absolute atomic E-state index is 0.298. The number of nitrogens with two attached hydrogens (primary N) is 1. The fourth-order valence-electron chi connectivity index (χ4n) is 3.50. The molecule has 0 aliphatic carbocycles. The second-order valence-electron chi connectivity index (χ2n) is 7.86. The topological polar surface area (TPSA) is 97.5 Å². The monoisotopic (exact) mass is 450 g/mol. The van der Waals surface area contributed by atoms with Gasteiger partial charge in [0.1, 0.15) is 18.7 Å². The molecular weight excluding hydrogens is 424 g/mol. The Bertz CT molecular complexity index is 1080. The molecule has 1 aliphatic rings. The van der Waals surface area contributed by atoms with Crippen LogP contribution in [-0.2, 0) is 6.61 Å². The van der Waals surface area contributed by atoms with Crippen molar-refractivity contribution < 1.29 is 9.53 Å². The van der Waals surface area contributed by atoms with Gasteiger partial charge in [-0.3, -0.25) is 4.79 Å². The molecule has 2 aromatic heterocycles. The third-order valence-electron chi connectivity index (χ3n) is 5.34. The number of pyridine rings is 1. The van der Waals surface area contributed by atoms with Crippen molar-refractivity contribution >= 4 is 29.8 Å². The first-order chi connectivity index (χ1) is 15.5. The molecule has 3 heterocycles. The SMILES string of the molecule is CN(C)C1CCN(c2ncc(Sc3ccc(N)nc3)c(OCc3cccc(C=O)c3)n2)C1. The van der Waals surface area contributed by atoms with Crippen LogP contribution >= 0.6 is 11.8 Å². The first-order valence-electron chi connectivity index (χ1n) is 10.4. The third-order valence-corrected chi connectivity index (χ3v) is 6.31. The van der Waals surface area contributed by atoms with E-state index in [0.717, 1.165) is 41.2 Å². The van der Waals surface area contributed by atoms with Crippen LogP contribution in [0.25, 0.3) is 0 Å². The molecule has 1 unspecified atom stereocenters. The maximum absolute atomic E-state index is 11.1. The molecule has 1 aromatic carbocycles. The van der Waals surface area contributed by atoms with E-state index in [2.05, 4.69) is 33.9 Å². The summed E-state index contributed by atoms with van der Waals surface area (Å²) in [6.07, 6.45) is 5.41. The highest BCUT2D eigenvalue weighted by Crippen LogP contribution is 2.35. The van der Waals surface area contributed by atoms with Crippen LogP contribution in [0.2, 0.25) is 0 Å². The molecule has 0 saturated carbocycles. The van der Waals surface area contributed by atoms with E-state index in [1.165, 1.54) is 11.8 Å². The molecule has 3 aromatic rings. The number of likely N-dealkylation sites (N-methyl/N-ethyl adjacent to an activating group) is 1. The van der Waals surface area contributed by atoms with Crippen molar-refractivity contribution in [2.45, 2.75) is 28.9 Å². The first-order valence-corrected chi connectivity index (χ1v) is 11.2. The predicted octanol–water partition coefficient (Wildman–Crippen LogP) is 3.14. The van der Waals surface area contributed by atoms with Crippen molar-refractivity contribution in [2.24, 2.45) is 0 Å². The Labute approximate surface area is 191 Å². The maximum Gasteiger partial charge on any atom is 0.232 e. The van der Waals surface area contributed by atoms with Crippen molar-refractivity contribution in [3.05, 3.63) is 59.9 Å². The highest BCUT2D eigenvalue weighted by atomic mass is 32.2. The largest absolute Gasteiger partial charge is 0.472 e. The predicted molar refractivity (Wildman–Crippen MR) is 125 cm³/mol. The minimum atomic E-state index is 0.298. The zero-order valence-corrected chi connectivity index (χ0v) is 19.0. The highest BCUT2D eigenvalue weighted by molar-refractivity contribution is 7.99. The summed E-state index contributed by atoms with van der Waals surface area (Å²) in [7, 11) is 4.19. The van der Waals surface area contributed by atoms with Gasteiger partial charge in [-0.05, 0) is 44.3 Å². The van der Waals surface area contributed by atoms with E-state index in [1.54, 1.807) is 24.5 Å². The summed E-state index contributed by atoms with van der Waals surface area (Å²) in [6, 6.07) is 11.5. The molecule has 0 amide bonds. The van der Waals surface area contributed by atoms with Gasteiger partial charge in [-0.15, -0.1) is 0 Å². The number of carbonyl (C=O) groups excluding carboxylic acids is 1. The first kappa shape index (κ1) is 22.0. The third kappa shape index (κ3) is 5.35. The van der Waals surface area contributed by atoms with E-state index >= 15 is 0 Å². The van der Waals surface area contributed by atoms with Gasteiger partial charge in [0.15, 0.2) is 0 Å². The van der Waals surface area contributed by atoms with E-state index in [1.807, 2.05) is 24.3 Å². The molecular formula is C23H26N6O2S. The van der Waals surface area contributed by atoms with Crippen LogP contribution in [0.5, 0.6) is 5.88 Å². The highest BCUT2D eigenvalue weighted by Gasteiger charge is 2.26. The molecule has 2 N–H and O–H groups in total. The Morgan fingerprint density at radius 1 is 1.25 bits per heavy atom. The summed E-state index contributed by atoms with van der Waals surface area (Å²) < 4.78 is 6.12.